The Kier molecular flexibility index (Phi) is 16.8. The number of rotatable bonds is 15. The Morgan fingerprint density at radius 2 is 1.10 bits per heavy atom. The zero-order valence-corrected chi connectivity index (χ0v) is 18.0. The molecule has 0 rings (SSSR count). The standard InChI is InChI=1S/C15H34S4Si/c1-4-7-12-17-20(15-10-11-16,18-13-8-5-2)19-14-9-6-3/h16H,4-15H2,1-3H3. The molecular formula is C15H34S4Si. The van der Waals surface area contributed by atoms with Crippen LogP contribution in [-0.4, -0.2) is 28.5 Å². The average molecular weight is 371 g/mol. The predicted molar refractivity (Wildman–Crippen MR) is 111 cm³/mol. The maximum Gasteiger partial charge on any atom is 0.237 e. The van der Waals surface area contributed by atoms with Crippen LogP contribution in [0.3, 0.4) is 0 Å². The van der Waals surface area contributed by atoms with Gasteiger partial charge in [-0.25, -0.2) is 0 Å². The molecule has 0 nitrogen and oxygen atoms in total. The maximum absolute atomic E-state index is 4.46. The van der Waals surface area contributed by atoms with Crippen LogP contribution in [0.15, 0.2) is 0 Å². The lowest BCUT2D eigenvalue weighted by molar-refractivity contribution is 0.896. The van der Waals surface area contributed by atoms with E-state index in [1.165, 1.54) is 68.2 Å². The van der Waals surface area contributed by atoms with Crippen molar-refractivity contribution in [2.45, 2.75) is 71.8 Å². The van der Waals surface area contributed by atoms with Crippen LogP contribution in [0.2, 0.25) is 6.04 Å². The van der Waals surface area contributed by atoms with Crippen LogP contribution in [0.4, 0.5) is 0 Å². The Balaban J connectivity index is 4.48. The minimum atomic E-state index is -1.23. The third kappa shape index (κ3) is 11.2. The van der Waals surface area contributed by atoms with Gasteiger partial charge in [-0.2, -0.15) is 46.3 Å². The van der Waals surface area contributed by atoms with Gasteiger partial charge >= 0.3 is 0 Å². The fourth-order valence-corrected chi connectivity index (χ4v) is 19.9. The highest BCUT2D eigenvalue weighted by atomic mass is 32.8. The molecule has 0 aromatic heterocycles. The molecule has 5 heteroatoms. The van der Waals surface area contributed by atoms with Crippen molar-refractivity contribution in [1.82, 2.24) is 0 Å². The van der Waals surface area contributed by atoms with Gasteiger partial charge in [0.05, 0.1) is 0 Å². The van der Waals surface area contributed by atoms with Gasteiger partial charge in [-0.15, -0.1) is 0 Å². The van der Waals surface area contributed by atoms with Gasteiger partial charge in [-0.1, -0.05) is 40.0 Å². The van der Waals surface area contributed by atoms with E-state index in [1.807, 2.05) is 0 Å². The van der Waals surface area contributed by atoms with Crippen molar-refractivity contribution in [1.29, 1.82) is 0 Å². The van der Waals surface area contributed by atoms with E-state index < -0.39 is 5.52 Å². The summed E-state index contributed by atoms with van der Waals surface area (Å²) in [6.07, 6.45) is 9.50. The molecule has 0 aliphatic heterocycles. The molecule has 122 valence electrons. The minimum absolute atomic E-state index is 1.06. The first kappa shape index (κ1) is 21.6. The molecule has 0 amide bonds. The van der Waals surface area contributed by atoms with Crippen LogP contribution in [0.5, 0.6) is 0 Å². The fraction of sp³-hybridized carbons (Fsp3) is 1.00. The van der Waals surface area contributed by atoms with Crippen LogP contribution < -0.4 is 0 Å². The summed E-state index contributed by atoms with van der Waals surface area (Å²) in [4.78, 5) is 0. The molecule has 0 radical (unpaired) electrons. The quantitative estimate of drug-likeness (QED) is 0.190. The van der Waals surface area contributed by atoms with Crippen LogP contribution in [-0.2, 0) is 0 Å². The third-order valence-corrected chi connectivity index (χ3v) is 21.2. The maximum atomic E-state index is 4.46. The lowest BCUT2D eigenvalue weighted by atomic mass is 10.4. The molecule has 0 heterocycles. The zero-order chi connectivity index (χ0) is 15.1. The lowest BCUT2D eigenvalue weighted by Gasteiger charge is -2.30. The summed E-state index contributed by atoms with van der Waals surface area (Å²) in [5, 5.41) is 0. The van der Waals surface area contributed by atoms with Crippen molar-refractivity contribution in [3.63, 3.8) is 0 Å². The fourth-order valence-electron chi connectivity index (χ4n) is 1.75. The Morgan fingerprint density at radius 1 is 0.700 bits per heavy atom. The second kappa shape index (κ2) is 15.5. The summed E-state index contributed by atoms with van der Waals surface area (Å²) in [5.41, 5.74) is -1.23. The number of hydrogen-bond acceptors (Lipinski definition) is 4. The predicted octanol–water partition coefficient (Wildman–Crippen LogP) is 6.85. The molecule has 0 saturated heterocycles. The molecule has 0 aliphatic carbocycles. The van der Waals surface area contributed by atoms with Crippen LogP contribution >= 0.6 is 46.3 Å². The van der Waals surface area contributed by atoms with E-state index in [0.29, 0.717) is 0 Å². The van der Waals surface area contributed by atoms with Gasteiger partial charge in [0.2, 0.25) is 5.52 Å². The number of unbranched alkanes of at least 4 members (excludes halogenated alkanes) is 3. The van der Waals surface area contributed by atoms with Crippen molar-refractivity contribution in [2.75, 3.05) is 23.0 Å². The minimum Gasteiger partial charge on any atom is -0.179 e. The van der Waals surface area contributed by atoms with Gasteiger partial charge in [0, 0.05) is 0 Å². The zero-order valence-electron chi connectivity index (χ0n) is 13.7. The summed E-state index contributed by atoms with van der Waals surface area (Å²) in [6, 6.07) is 1.45. The molecule has 0 aromatic carbocycles. The molecule has 0 saturated carbocycles. The van der Waals surface area contributed by atoms with E-state index in [-0.39, 0.29) is 0 Å². The number of hydrogen-bond donors (Lipinski definition) is 1. The van der Waals surface area contributed by atoms with Gasteiger partial charge in [0.25, 0.3) is 0 Å². The second-order valence-corrected chi connectivity index (χ2v) is 20.7. The van der Waals surface area contributed by atoms with E-state index in [4.69, 9.17) is 0 Å². The Labute approximate surface area is 146 Å². The molecule has 0 bridgehead atoms. The van der Waals surface area contributed by atoms with Crippen molar-refractivity contribution in [2.24, 2.45) is 0 Å². The van der Waals surface area contributed by atoms with E-state index in [0.717, 1.165) is 5.75 Å². The van der Waals surface area contributed by atoms with Crippen molar-refractivity contribution in [3.05, 3.63) is 0 Å². The summed E-state index contributed by atoms with van der Waals surface area (Å²) in [7, 11) is 0. The first-order chi connectivity index (χ1) is 9.74. The van der Waals surface area contributed by atoms with Gasteiger partial charge in [0.1, 0.15) is 0 Å². The SMILES string of the molecule is CCCCS[Si](CCCS)(SCCCC)SCCCC. The molecule has 20 heavy (non-hydrogen) atoms. The third-order valence-electron chi connectivity index (χ3n) is 3.10. The molecule has 0 atom stereocenters. The highest BCUT2D eigenvalue weighted by Crippen LogP contribution is 2.47. The van der Waals surface area contributed by atoms with E-state index >= 15 is 0 Å². The van der Waals surface area contributed by atoms with Crippen molar-refractivity contribution in [3.8, 4) is 0 Å². The first-order valence-electron chi connectivity index (χ1n) is 8.27. The first-order valence-corrected chi connectivity index (χ1v) is 16.2. The smallest absolute Gasteiger partial charge is 0.179 e. The van der Waals surface area contributed by atoms with Gasteiger partial charge < -0.3 is 0 Å². The highest BCUT2D eigenvalue weighted by Gasteiger charge is 2.34. The normalized spacial score (nSPS) is 12.0. The Hall–Kier alpha value is 1.62. The molecule has 0 unspecified atom stereocenters. The van der Waals surface area contributed by atoms with Gasteiger partial charge in [-0.05, 0) is 54.7 Å². The van der Waals surface area contributed by atoms with Gasteiger partial charge in [0.15, 0.2) is 0 Å². The monoisotopic (exact) mass is 370 g/mol. The molecule has 0 fully saturated rings. The second-order valence-electron chi connectivity index (χ2n) is 5.12. The topological polar surface area (TPSA) is 0 Å². The molecule has 0 aromatic rings. The van der Waals surface area contributed by atoms with Crippen molar-refractivity contribution < 1.29 is 0 Å². The lowest BCUT2D eigenvalue weighted by Crippen LogP contribution is -2.25. The summed E-state index contributed by atoms with van der Waals surface area (Å²) < 4.78 is 0. The Morgan fingerprint density at radius 3 is 1.40 bits per heavy atom. The van der Waals surface area contributed by atoms with Crippen LogP contribution in [0.1, 0.15) is 65.7 Å². The largest absolute Gasteiger partial charge is 0.237 e. The molecule has 0 spiro atoms. The molecular weight excluding hydrogens is 337 g/mol. The average Bonchev–Trinajstić information content (AvgIpc) is 2.46. The number of thiol groups is 1. The van der Waals surface area contributed by atoms with Crippen LogP contribution in [0.25, 0.3) is 0 Å². The summed E-state index contributed by atoms with van der Waals surface area (Å²) in [5.74, 6) is 5.21. The van der Waals surface area contributed by atoms with Gasteiger partial charge in [-0.3, -0.25) is 0 Å². The Bertz CT molecular complexity index is 176. The van der Waals surface area contributed by atoms with E-state index in [9.17, 15) is 0 Å². The molecule has 0 N–H and O–H groups in total. The van der Waals surface area contributed by atoms with Crippen molar-refractivity contribution >= 4 is 51.8 Å². The van der Waals surface area contributed by atoms with Crippen LogP contribution in [0, 0.1) is 0 Å². The van der Waals surface area contributed by atoms with E-state index in [1.54, 1.807) is 0 Å². The summed E-state index contributed by atoms with van der Waals surface area (Å²) in [6.45, 7) is 6.93. The molecule has 0 aliphatic rings. The highest BCUT2D eigenvalue weighted by molar-refractivity contribution is 8.81. The van der Waals surface area contributed by atoms with E-state index in [2.05, 4.69) is 67.0 Å². The summed E-state index contributed by atoms with van der Waals surface area (Å²) >= 11 is 11.6.